The number of amides is 1. The summed E-state index contributed by atoms with van der Waals surface area (Å²) in [5.74, 6) is -0.751. The van der Waals surface area contributed by atoms with Crippen LogP contribution in [0.3, 0.4) is 0 Å². The molecular weight excluding hydrogens is 344 g/mol. The van der Waals surface area contributed by atoms with Gasteiger partial charge in [0.15, 0.2) is 5.58 Å². The molecule has 3 aromatic rings. The van der Waals surface area contributed by atoms with E-state index in [1.807, 2.05) is 43.3 Å². The van der Waals surface area contributed by atoms with E-state index in [0.29, 0.717) is 30.7 Å². The molecule has 0 aliphatic rings. The molecule has 0 bridgehead atoms. The molecule has 0 saturated carbocycles. The van der Waals surface area contributed by atoms with Crippen LogP contribution in [0.1, 0.15) is 38.0 Å². The molecule has 0 spiro atoms. The van der Waals surface area contributed by atoms with Gasteiger partial charge in [-0.05, 0) is 38.0 Å². The summed E-state index contributed by atoms with van der Waals surface area (Å²) in [5, 5.41) is 2.86. The number of benzene rings is 2. The Morgan fingerprint density at radius 2 is 1.81 bits per heavy atom. The van der Waals surface area contributed by atoms with Crippen LogP contribution >= 0.6 is 0 Å². The number of fused-ring (bicyclic) bond motifs is 1. The zero-order valence-electron chi connectivity index (χ0n) is 15.6. The van der Waals surface area contributed by atoms with Crippen LogP contribution in [0, 0.1) is 0 Å². The fourth-order valence-corrected chi connectivity index (χ4v) is 2.98. The van der Waals surface area contributed by atoms with Crippen LogP contribution in [0.25, 0.3) is 11.1 Å². The molecule has 2 aromatic carbocycles. The minimum Gasteiger partial charge on any atom is -0.408 e. The fraction of sp³-hybridized carbons (Fsp3) is 0.333. The number of aromatic nitrogens is 1. The van der Waals surface area contributed by atoms with Crippen molar-refractivity contribution < 1.29 is 13.9 Å². The van der Waals surface area contributed by atoms with Crippen molar-refractivity contribution in [3.63, 3.8) is 0 Å². The number of ether oxygens (including phenoxy) is 1. The monoisotopic (exact) mass is 368 g/mol. The topological polar surface area (TPSA) is 73.5 Å². The highest BCUT2D eigenvalue weighted by molar-refractivity contribution is 5.82. The van der Waals surface area contributed by atoms with Crippen LogP contribution in [0.2, 0.25) is 0 Å². The maximum Gasteiger partial charge on any atom is 0.420 e. The Bertz CT molecular complexity index is 945. The second kappa shape index (κ2) is 8.68. The van der Waals surface area contributed by atoms with Gasteiger partial charge >= 0.3 is 5.76 Å². The van der Waals surface area contributed by atoms with E-state index in [1.54, 1.807) is 25.1 Å². The number of hydrogen-bond donors (Lipinski definition) is 1. The summed E-state index contributed by atoms with van der Waals surface area (Å²) in [6, 6.07) is 16.4. The lowest BCUT2D eigenvalue weighted by Gasteiger charge is -2.15. The molecule has 0 radical (unpaired) electrons. The summed E-state index contributed by atoms with van der Waals surface area (Å²) in [5.41, 5.74) is 2.22. The molecule has 0 aliphatic heterocycles. The number of rotatable bonds is 8. The number of carbonyl (C=O) groups excluding carboxylic acids is 1. The quantitative estimate of drug-likeness (QED) is 0.618. The Hall–Kier alpha value is -2.86. The predicted molar refractivity (Wildman–Crippen MR) is 104 cm³/mol. The summed E-state index contributed by atoms with van der Waals surface area (Å²) in [6.45, 7) is 4.72. The van der Waals surface area contributed by atoms with E-state index in [1.165, 1.54) is 4.57 Å². The van der Waals surface area contributed by atoms with Gasteiger partial charge in [-0.2, -0.15) is 0 Å². The van der Waals surface area contributed by atoms with Crippen molar-refractivity contribution in [1.29, 1.82) is 0 Å². The van der Waals surface area contributed by atoms with Gasteiger partial charge in [0.25, 0.3) is 0 Å². The average molecular weight is 368 g/mol. The smallest absolute Gasteiger partial charge is 0.408 e. The minimum absolute atomic E-state index is 0.0108. The Kier molecular flexibility index (Phi) is 6.08. The highest BCUT2D eigenvalue weighted by atomic mass is 16.5. The van der Waals surface area contributed by atoms with Crippen molar-refractivity contribution >= 4 is 17.0 Å². The Balaban J connectivity index is 1.48. The molecule has 6 heteroatoms. The third-order valence-electron chi connectivity index (χ3n) is 4.54. The summed E-state index contributed by atoms with van der Waals surface area (Å²) in [6.07, 6.45) is 0.702. The van der Waals surface area contributed by atoms with Crippen LogP contribution in [0.5, 0.6) is 0 Å². The largest absolute Gasteiger partial charge is 0.420 e. The molecular formula is C21H24N2O4. The van der Waals surface area contributed by atoms with Crippen molar-refractivity contribution in [2.45, 2.75) is 32.4 Å². The normalized spacial score (nSPS) is 13.4. The maximum atomic E-state index is 12.4. The summed E-state index contributed by atoms with van der Waals surface area (Å²) >= 11 is 0. The molecule has 0 aliphatic carbocycles. The lowest BCUT2D eigenvalue weighted by molar-refractivity contribution is -0.123. The van der Waals surface area contributed by atoms with E-state index in [-0.39, 0.29) is 12.0 Å². The third-order valence-corrected chi connectivity index (χ3v) is 4.54. The fourth-order valence-electron chi connectivity index (χ4n) is 2.98. The van der Waals surface area contributed by atoms with Crippen molar-refractivity contribution in [2.24, 2.45) is 0 Å². The van der Waals surface area contributed by atoms with Crippen LogP contribution in [0.4, 0.5) is 0 Å². The molecule has 0 unspecified atom stereocenters. The zero-order chi connectivity index (χ0) is 19.2. The molecule has 0 fully saturated rings. The van der Waals surface area contributed by atoms with Crippen LogP contribution in [-0.2, 0) is 9.53 Å². The van der Waals surface area contributed by atoms with E-state index < -0.39 is 11.8 Å². The van der Waals surface area contributed by atoms with Crippen LogP contribution < -0.4 is 11.1 Å². The van der Waals surface area contributed by atoms with E-state index >= 15 is 0 Å². The summed E-state index contributed by atoms with van der Waals surface area (Å²) in [7, 11) is 0. The van der Waals surface area contributed by atoms with Crippen LogP contribution in [0.15, 0.2) is 63.8 Å². The molecule has 3 rings (SSSR count). The van der Waals surface area contributed by atoms with Crippen molar-refractivity contribution in [2.75, 3.05) is 13.2 Å². The standard InChI is InChI=1S/C21H24N2O4/c1-15(23-18-11-6-7-12-19(18)27-21(23)25)20(24)22-13-8-14-26-16(2)17-9-4-3-5-10-17/h3-7,9-12,15-16H,8,13-14H2,1-2H3,(H,22,24)/t15-,16+/m0/s1. The zero-order valence-corrected chi connectivity index (χ0v) is 15.6. The Morgan fingerprint density at radius 1 is 1.11 bits per heavy atom. The SMILES string of the molecule is C[C@@H](OCCCNC(=O)[C@H](C)n1c(=O)oc2ccccc21)c1ccccc1. The molecule has 142 valence electrons. The molecule has 1 aromatic heterocycles. The van der Waals surface area contributed by atoms with Crippen molar-refractivity contribution in [3.8, 4) is 0 Å². The van der Waals surface area contributed by atoms with Gasteiger partial charge in [-0.3, -0.25) is 9.36 Å². The first kappa shape index (κ1) is 18.9. The number of nitrogens with zero attached hydrogens (tertiary/aromatic N) is 1. The Morgan fingerprint density at radius 3 is 2.59 bits per heavy atom. The van der Waals surface area contributed by atoms with Gasteiger partial charge in [0, 0.05) is 13.2 Å². The van der Waals surface area contributed by atoms with E-state index in [9.17, 15) is 9.59 Å². The minimum atomic E-state index is -0.648. The molecule has 1 N–H and O–H groups in total. The molecule has 1 heterocycles. The van der Waals surface area contributed by atoms with Gasteiger partial charge in [0.2, 0.25) is 5.91 Å². The highest BCUT2D eigenvalue weighted by Crippen LogP contribution is 2.17. The average Bonchev–Trinajstić information content (AvgIpc) is 3.03. The van der Waals surface area contributed by atoms with Gasteiger partial charge in [-0.15, -0.1) is 0 Å². The van der Waals surface area contributed by atoms with Crippen molar-refractivity contribution in [1.82, 2.24) is 9.88 Å². The number of hydrogen-bond acceptors (Lipinski definition) is 4. The van der Waals surface area contributed by atoms with E-state index in [4.69, 9.17) is 9.15 Å². The summed E-state index contributed by atoms with van der Waals surface area (Å²) < 4.78 is 12.4. The first-order valence-electron chi connectivity index (χ1n) is 9.12. The number of carbonyl (C=O) groups is 1. The first-order valence-corrected chi connectivity index (χ1v) is 9.12. The van der Waals surface area contributed by atoms with E-state index in [2.05, 4.69) is 5.32 Å². The highest BCUT2D eigenvalue weighted by Gasteiger charge is 2.20. The van der Waals surface area contributed by atoms with Gasteiger partial charge in [0.05, 0.1) is 11.6 Å². The first-order chi connectivity index (χ1) is 13.1. The number of para-hydroxylation sites is 2. The van der Waals surface area contributed by atoms with Crippen LogP contribution in [-0.4, -0.2) is 23.6 Å². The molecule has 0 saturated heterocycles. The van der Waals surface area contributed by atoms with Crippen molar-refractivity contribution in [3.05, 3.63) is 70.7 Å². The van der Waals surface area contributed by atoms with Gasteiger partial charge in [-0.25, -0.2) is 4.79 Å². The van der Waals surface area contributed by atoms with E-state index in [0.717, 1.165) is 5.56 Å². The molecule has 27 heavy (non-hydrogen) atoms. The lowest BCUT2D eigenvalue weighted by Crippen LogP contribution is -2.35. The van der Waals surface area contributed by atoms with Gasteiger partial charge < -0.3 is 14.5 Å². The van der Waals surface area contributed by atoms with Gasteiger partial charge in [-0.1, -0.05) is 42.5 Å². The third kappa shape index (κ3) is 4.46. The predicted octanol–water partition coefficient (Wildman–Crippen LogP) is 3.44. The number of nitrogens with one attached hydrogen (secondary N) is 1. The number of oxazole rings is 1. The van der Waals surface area contributed by atoms with Gasteiger partial charge in [0.1, 0.15) is 6.04 Å². The second-order valence-corrected chi connectivity index (χ2v) is 6.45. The maximum absolute atomic E-state index is 12.4. The summed E-state index contributed by atoms with van der Waals surface area (Å²) in [4.78, 5) is 24.5. The lowest BCUT2D eigenvalue weighted by atomic mass is 10.1. The molecule has 6 nitrogen and oxygen atoms in total. The second-order valence-electron chi connectivity index (χ2n) is 6.45. The molecule has 1 amide bonds. The Labute approximate surface area is 157 Å². The molecule has 2 atom stereocenters.